The van der Waals surface area contributed by atoms with Crippen LogP contribution in [0.4, 0.5) is 32.0 Å². The molecule has 0 aliphatic heterocycles. The fourth-order valence-corrected chi connectivity index (χ4v) is 3.32. The van der Waals surface area contributed by atoms with Crippen LogP contribution >= 0.6 is 11.6 Å². The number of pyridine rings is 1. The van der Waals surface area contributed by atoms with Crippen LogP contribution in [0.25, 0.3) is 0 Å². The normalized spacial score (nSPS) is 11.8. The van der Waals surface area contributed by atoms with Crippen LogP contribution in [0.3, 0.4) is 0 Å². The summed E-state index contributed by atoms with van der Waals surface area (Å²) in [5.74, 6) is -1.67. The van der Waals surface area contributed by atoms with E-state index in [1.807, 2.05) is 0 Å². The Morgan fingerprint density at radius 3 is 2.11 bits per heavy atom. The Hall–Kier alpha value is -3.60. The van der Waals surface area contributed by atoms with Gasteiger partial charge in [0.25, 0.3) is 11.8 Å². The van der Waals surface area contributed by atoms with Crippen molar-refractivity contribution in [1.82, 2.24) is 9.88 Å². The minimum Gasteiger partial charge on any atom is -0.337 e. The Kier molecular flexibility index (Phi) is 7.39. The molecule has 0 bridgehead atoms. The molecule has 1 aromatic heterocycles. The number of amides is 2. The Morgan fingerprint density at radius 1 is 0.943 bits per heavy atom. The zero-order valence-electron chi connectivity index (χ0n) is 17.8. The van der Waals surface area contributed by atoms with Gasteiger partial charge in [0.1, 0.15) is 5.69 Å². The highest BCUT2D eigenvalue weighted by molar-refractivity contribution is 6.30. The Balaban J connectivity index is 1.90. The predicted molar refractivity (Wildman–Crippen MR) is 116 cm³/mol. The van der Waals surface area contributed by atoms with E-state index in [0.29, 0.717) is 17.7 Å². The highest BCUT2D eigenvalue weighted by Crippen LogP contribution is 2.36. The van der Waals surface area contributed by atoms with Crippen LogP contribution in [0.2, 0.25) is 5.02 Å². The number of carbonyl (C=O) groups excluding carboxylic acids is 2. The molecular weight excluding hydrogens is 500 g/mol. The van der Waals surface area contributed by atoms with Crippen LogP contribution < -0.4 is 5.32 Å². The molecule has 0 radical (unpaired) electrons. The summed E-state index contributed by atoms with van der Waals surface area (Å²) in [6.07, 6.45) is -8.77. The summed E-state index contributed by atoms with van der Waals surface area (Å²) in [6, 6.07) is 9.65. The second-order valence-electron chi connectivity index (χ2n) is 7.43. The van der Waals surface area contributed by atoms with Gasteiger partial charge in [-0.1, -0.05) is 17.7 Å². The number of nitrogens with one attached hydrogen (secondary N) is 1. The molecule has 2 amide bonds. The van der Waals surface area contributed by atoms with Gasteiger partial charge in [0.05, 0.1) is 11.1 Å². The van der Waals surface area contributed by atoms with Crippen LogP contribution in [0.5, 0.6) is 0 Å². The molecule has 0 saturated carbocycles. The molecule has 1 heterocycles. The lowest BCUT2D eigenvalue weighted by molar-refractivity contribution is -0.143. The first-order chi connectivity index (χ1) is 16.3. The molecule has 5 nitrogen and oxygen atoms in total. The number of nitrogens with zero attached hydrogens (tertiary/aromatic N) is 2. The first-order valence-corrected chi connectivity index (χ1v) is 10.2. The van der Waals surface area contributed by atoms with Gasteiger partial charge in [-0.3, -0.25) is 14.6 Å². The minimum absolute atomic E-state index is 0.0565. The van der Waals surface area contributed by atoms with Crippen molar-refractivity contribution in [3.05, 3.63) is 93.8 Å². The van der Waals surface area contributed by atoms with E-state index in [-0.39, 0.29) is 29.0 Å². The zero-order chi connectivity index (χ0) is 26.0. The molecule has 0 aliphatic carbocycles. The molecule has 0 fully saturated rings. The molecule has 1 N–H and O–H groups in total. The molecule has 0 saturated heterocycles. The van der Waals surface area contributed by atoms with Crippen molar-refractivity contribution in [2.45, 2.75) is 18.9 Å². The Morgan fingerprint density at radius 2 is 1.57 bits per heavy atom. The third kappa shape index (κ3) is 6.50. The van der Waals surface area contributed by atoms with Gasteiger partial charge in [0.2, 0.25) is 0 Å². The second kappa shape index (κ2) is 9.95. The van der Waals surface area contributed by atoms with E-state index in [2.05, 4.69) is 10.3 Å². The van der Waals surface area contributed by atoms with Crippen molar-refractivity contribution in [1.29, 1.82) is 0 Å². The maximum absolute atomic E-state index is 13.2. The summed E-state index contributed by atoms with van der Waals surface area (Å²) in [7, 11) is 1.20. The molecule has 3 rings (SSSR count). The van der Waals surface area contributed by atoms with E-state index in [0.717, 1.165) is 4.90 Å². The summed E-state index contributed by atoms with van der Waals surface area (Å²) >= 11 is 6.01. The molecule has 3 aromatic rings. The van der Waals surface area contributed by atoms with Gasteiger partial charge < -0.3 is 10.2 Å². The minimum atomic E-state index is -5.09. The van der Waals surface area contributed by atoms with Gasteiger partial charge in [-0.25, -0.2) is 0 Å². The number of carbonyl (C=O) groups is 2. The van der Waals surface area contributed by atoms with Gasteiger partial charge in [-0.15, -0.1) is 0 Å². The number of alkyl halides is 6. The summed E-state index contributed by atoms with van der Waals surface area (Å²) in [6.45, 7) is -0.283. The van der Waals surface area contributed by atoms with Crippen molar-refractivity contribution < 1.29 is 35.9 Å². The quantitative estimate of drug-likeness (QED) is 0.406. The fourth-order valence-electron chi connectivity index (χ4n) is 3.12. The van der Waals surface area contributed by atoms with Gasteiger partial charge >= 0.3 is 12.4 Å². The fraction of sp³-hybridized carbons (Fsp3) is 0.174. The molecular formula is C23H16ClF6N3O2. The van der Waals surface area contributed by atoms with Crippen molar-refractivity contribution in [2.24, 2.45) is 0 Å². The standard InChI is InChI=1S/C23H16ClF6N3O2/c1-33(21(35)13-8-15(22(25,26)27)11-16(9-13)23(28,29)30)12-14-10-17(24)5-6-18(14)32-20(34)19-4-2-3-7-31-19/h2-11H,12H2,1H3,(H,32,34). The number of rotatable bonds is 5. The SMILES string of the molecule is CN(Cc1cc(Cl)ccc1NC(=O)c1ccccn1)C(=O)c1cc(C(F)(F)F)cc(C(F)(F)F)c1. The molecule has 0 unspecified atom stereocenters. The van der Waals surface area contributed by atoms with Crippen LogP contribution in [-0.4, -0.2) is 28.7 Å². The number of anilines is 1. The van der Waals surface area contributed by atoms with Crippen LogP contribution in [0, 0.1) is 0 Å². The number of aromatic nitrogens is 1. The third-order valence-corrected chi connectivity index (χ3v) is 5.04. The van der Waals surface area contributed by atoms with Crippen molar-refractivity contribution in [3.8, 4) is 0 Å². The number of benzene rings is 2. The van der Waals surface area contributed by atoms with Crippen LogP contribution in [0.15, 0.2) is 60.8 Å². The highest BCUT2D eigenvalue weighted by atomic mass is 35.5. The molecule has 2 aromatic carbocycles. The van der Waals surface area contributed by atoms with Crippen molar-refractivity contribution >= 4 is 29.1 Å². The molecule has 35 heavy (non-hydrogen) atoms. The number of hydrogen-bond donors (Lipinski definition) is 1. The van der Waals surface area contributed by atoms with E-state index < -0.39 is 40.9 Å². The third-order valence-electron chi connectivity index (χ3n) is 4.80. The summed E-state index contributed by atoms with van der Waals surface area (Å²) in [4.78, 5) is 30.1. The van der Waals surface area contributed by atoms with Crippen molar-refractivity contribution in [3.63, 3.8) is 0 Å². The van der Waals surface area contributed by atoms with Crippen LogP contribution in [-0.2, 0) is 18.9 Å². The topological polar surface area (TPSA) is 62.3 Å². The first kappa shape index (κ1) is 26.0. The van der Waals surface area contributed by atoms with Gasteiger partial charge in [0.15, 0.2) is 0 Å². The zero-order valence-corrected chi connectivity index (χ0v) is 18.6. The second-order valence-corrected chi connectivity index (χ2v) is 7.86. The number of hydrogen-bond acceptors (Lipinski definition) is 3. The average molecular weight is 516 g/mol. The Bertz CT molecular complexity index is 1210. The molecule has 184 valence electrons. The van der Waals surface area contributed by atoms with Crippen molar-refractivity contribution in [2.75, 3.05) is 12.4 Å². The lowest BCUT2D eigenvalue weighted by atomic mass is 10.0. The van der Waals surface area contributed by atoms with E-state index >= 15 is 0 Å². The first-order valence-electron chi connectivity index (χ1n) is 9.81. The van der Waals surface area contributed by atoms with Gasteiger partial charge in [-0.05, 0) is 54.1 Å². The smallest absolute Gasteiger partial charge is 0.337 e. The lowest BCUT2D eigenvalue weighted by Crippen LogP contribution is -2.28. The number of halogens is 7. The lowest BCUT2D eigenvalue weighted by Gasteiger charge is -2.21. The highest BCUT2D eigenvalue weighted by Gasteiger charge is 2.37. The summed E-state index contributed by atoms with van der Waals surface area (Å²) in [5, 5.41) is 2.83. The van der Waals surface area contributed by atoms with E-state index in [9.17, 15) is 35.9 Å². The molecule has 0 aliphatic rings. The largest absolute Gasteiger partial charge is 0.416 e. The average Bonchev–Trinajstić information content (AvgIpc) is 2.79. The van der Waals surface area contributed by atoms with Gasteiger partial charge in [-0.2, -0.15) is 26.3 Å². The molecule has 12 heteroatoms. The monoisotopic (exact) mass is 515 g/mol. The molecule has 0 spiro atoms. The molecule has 0 atom stereocenters. The Labute approximate surface area is 200 Å². The predicted octanol–water partition coefficient (Wildman–Crippen LogP) is 6.30. The van der Waals surface area contributed by atoms with E-state index in [1.54, 1.807) is 12.1 Å². The van der Waals surface area contributed by atoms with Crippen LogP contribution in [0.1, 0.15) is 37.5 Å². The van der Waals surface area contributed by atoms with Gasteiger partial charge in [0, 0.05) is 36.1 Å². The van der Waals surface area contributed by atoms with E-state index in [1.165, 1.54) is 37.5 Å². The summed E-state index contributed by atoms with van der Waals surface area (Å²) in [5.41, 5.74) is -3.38. The van der Waals surface area contributed by atoms with E-state index in [4.69, 9.17) is 11.6 Å². The maximum atomic E-state index is 13.2. The maximum Gasteiger partial charge on any atom is 0.416 e. The summed E-state index contributed by atoms with van der Waals surface area (Å²) < 4.78 is 78.9.